The smallest absolute Gasteiger partial charge is 0.176 e. The van der Waals surface area contributed by atoms with Crippen molar-refractivity contribution in [1.82, 2.24) is 4.57 Å². The van der Waals surface area contributed by atoms with Gasteiger partial charge in [0.15, 0.2) is 5.78 Å². The van der Waals surface area contributed by atoms with E-state index in [9.17, 15) is 4.79 Å². The highest BCUT2D eigenvalue weighted by Gasteiger charge is 2.18. The van der Waals surface area contributed by atoms with Gasteiger partial charge >= 0.3 is 0 Å². The summed E-state index contributed by atoms with van der Waals surface area (Å²) in [4.78, 5) is 12.3. The summed E-state index contributed by atoms with van der Waals surface area (Å²) in [6.07, 6.45) is 0. The molecule has 3 aromatic carbocycles. The zero-order valence-electron chi connectivity index (χ0n) is 14.3. The predicted octanol–water partition coefficient (Wildman–Crippen LogP) is 5.05. The molecule has 3 heteroatoms. The summed E-state index contributed by atoms with van der Waals surface area (Å²) in [5.74, 6) is 0.848. The SMILES string of the molecule is COc1cc2ccccc2c2c1cc(C(C)=O)n2Cc1ccccc1. The third-order valence-electron chi connectivity index (χ3n) is 4.63. The van der Waals surface area contributed by atoms with Crippen LogP contribution in [0, 0.1) is 0 Å². The number of methoxy groups -OCH3 is 1. The van der Waals surface area contributed by atoms with Crippen LogP contribution in [0.4, 0.5) is 0 Å². The van der Waals surface area contributed by atoms with Crippen LogP contribution in [0.5, 0.6) is 5.75 Å². The lowest BCUT2D eigenvalue weighted by atomic mass is 10.1. The fourth-order valence-electron chi connectivity index (χ4n) is 3.48. The van der Waals surface area contributed by atoms with Crippen LogP contribution in [0.25, 0.3) is 21.7 Å². The van der Waals surface area contributed by atoms with Crippen LogP contribution in [0.2, 0.25) is 0 Å². The van der Waals surface area contributed by atoms with E-state index in [1.807, 2.05) is 42.5 Å². The third-order valence-corrected chi connectivity index (χ3v) is 4.63. The van der Waals surface area contributed by atoms with Gasteiger partial charge in [0, 0.05) is 24.2 Å². The molecule has 0 radical (unpaired) electrons. The van der Waals surface area contributed by atoms with Gasteiger partial charge in [-0.05, 0) is 23.1 Å². The van der Waals surface area contributed by atoms with Crippen molar-refractivity contribution in [1.29, 1.82) is 0 Å². The molecular formula is C22H19NO2. The summed E-state index contributed by atoms with van der Waals surface area (Å²) in [6.45, 7) is 2.26. The maximum Gasteiger partial charge on any atom is 0.176 e. The number of aromatic nitrogens is 1. The Bertz CT molecular complexity index is 1080. The lowest BCUT2D eigenvalue weighted by Crippen LogP contribution is -2.07. The molecule has 0 aliphatic carbocycles. The maximum atomic E-state index is 12.3. The molecule has 0 saturated carbocycles. The Hall–Kier alpha value is -3.07. The molecule has 4 aromatic rings. The van der Waals surface area contributed by atoms with Gasteiger partial charge in [0.2, 0.25) is 0 Å². The number of carbonyl (C=O) groups is 1. The van der Waals surface area contributed by atoms with Crippen LogP contribution in [0.3, 0.4) is 0 Å². The molecule has 0 aliphatic heterocycles. The number of fused-ring (bicyclic) bond motifs is 3. The first-order chi connectivity index (χ1) is 12.2. The van der Waals surface area contributed by atoms with Crippen molar-refractivity contribution in [3.63, 3.8) is 0 Å². The Morgan fingerprint density at radius 2 is 1.68 bits per heavy atom. The van der Waals surface area contributed by atoms with Gasteiger partial charge in [-0.1, -0.05) is 54.6 Å². The molecule has 0 amide bonds. The minimum Gasteiger partial charge on any atom is -0.496 e. The van der Waals surface area contributed by atoms with Gasteiger partial charge in [0.1, 0.15) is 5.75 Å². The average molecular weight is 329 g/mol. The molecule has 25 heavy (non-hydrogen) atoms. The van der Waals surface area contributed by atoms with E-state index in [1.54, 1.807) is 14.0 Å². The van der Waals surface area contributed by atoms with Crippen molar-refractivity contribution in [2.45, 2.75) is 13.5 Å². The summed E-state index contributed by atoms with van der Waals surface area (Å²) >= 11 is 0. The molecule has 3 nitrogen and oxygen atoms in total. The lowest BCUT2D eigenvalue weighted by Gasteiger charge is -2.12. The average Bonchev–Trinajstić information content (AvgIpc) is 3.02. The number of hydrogen-bond donors (Lipinski definition) is 0. The van der Waals surface area contributed by atoms with Crippen molar-refractivity contribution in [2.24, 2.45) is 0 Å². The van der Waals surface area contributed by atoms with Crippen LogP contribution in [0.1, 0.15) is 23.0 Å². The maximum absolute atomic E-state index is 12.3. The summed E-state index contributed by atoms with van der Waals surface area (Å²) < 4.78 is 7.72. The minimum atomic E-state index is 0.0539. The first kappa shape index (κ1) is 15.5. The Balaban J connectivity index is 2.09. The number of ketones is 1. The molecular weight excluding hydrogens is 310 g/mol. The van der Waals surface area contributed by atoms with Crippen LogP contribution in [-0.2, 0) is 6.54 Å². The van der Waals surface area contributed by atoms with E-state index in [2.05, 4.69) is 28.8 Å². The number of hydrogen-bond acceptors (Lipinski definition) is 2. The van der Waals surface area contributed by atoms with Gasteiger partial charge in [-0.3, -0.25) is 4.79 Å². The highest BCUT2D eigenvalue weighted by molar-refractivity contribution is 6.12. The van der Waals surface area contributed by atoms with Crippen molar-refractivity contribution in [3.8, 4) is 5.75 Å². The molecule has 4 rings (SSSR count). The Morgan fingerprint density at radius 1 is 0.960 bits per heavy atom. The quantitative estimate of drug-likeness (QED) is 0.490. The number of nitrogens with zero attached hydrogens (tertiary/aromatic N) is 1. The van der Waals surface area contributed by atoms with Crippen LogP contribution in [-0.4, -0.2) is 17.5 Å². The fourth-order valence-corrected chi connectivity index (χ4v) is 3.48. The minimum absolute atomic E-state index is 0.0539. The largest absolute Gasteiger partial charge is 0.496 e. The topological polar surface area (TPSA) is 31.2 Å². The Morgan fingerprint density at radius 3 is 2.40 bits per heavy atom. The second kappa shape index (κ2) is 6.10. The molecule has 1 aromatic heterocycles. The summed E-state index contributed by atoms with van der Waals surface area (Å²) in [6, 6.07) is 22.4. The summed E-state index contributed by atoms with van der Waals surface area (Å²) in [7, 11) is 1.67. The van der Waals surface area contributed by atoms with E-state index < -0.39 is 0 Å². The molecule has 0 saturated heterocycles. The molecule has 0 unspecified atom stereocenters. The molecule has 0 aliphatic rings. The first-order valence-electron chi connectivity index (χ1n) is 8.33. The third kappa shape index (κ3) is 2.58. The standard InChI is InChI=1S/C22H19NO2/c1-15(24)20-13-19-21(25-2)12-17-10-6-7-11-18(17)22(19)23(20)14-16-8-4-3-5-9-16/h3-13H,14H2,1-2H3. The second-order valence-corrected chi connectivity index (χ2v) is 6.22. The monoisotopic (exact) mass is 329 g/mol. The zero-order chi connectivity index (χ0) is 17.4. The van der Waals surface area contributed by atoms with Crippen molar-refractivity contribution in [2.75, 3.05) is 7.11 Å². The van der Waals surface area contributed by atoms with Gasteiger partial charge in [-0.2, -0.15) is 0 Å². The van der Waals surface area contributed by atoms with Gasteiger partial charge in [-0.25, -0.2) is 0 Å². The Kier molecular flexibility index (Phi) is 3.77. The van der Waals surface area contributed by atoms with Crippen molar-refractivity contribution >= 4 is 27.5 Å². The number of Topliss-reactive ketones (excluding diaryl/α,β-unsaturated/α-hetero) is 1. The summed E-state index contributed by atoms with van der Waals surface area (Å²) in [5.41, 5.74) is 2.91. The number of carbonyl (C=O) groups excluding carboxylic acids is 1. The number of ether oxygens (including phenoxy) is 1. The molecule has 0 fully saturated rings. The lowest BCUT2D eigenvalue weighted by molar-refractivity contribution is 0.101. The van der Waals surface area contributed by atoms with E-state index in [0.717, 1.165) is 33.0 Å². The van der Waals surface area contributed by atoms with Gasteiger partial charge in [-0.15, -0.1) is 0 Å². The molecule has 0 bridgehead atoms. The molecule has 0 N–H and O–H groups in total. The Labute approximate surface area is 146 Å². The summed E-state index contributed by atoms with van der Waals surface area (Å²) in [5, 5.41) is 3.21. The van der Waals surface area contributed by atoms with Gasteiger partial charge in [0.25, 0.3) is 0 Å². The van der Waals surface area contributed by atoms with Crippen LogP contribution in [0.15, 0.2) is 66.7 Å². The van der Waals surface area contributed by atoms with E-state index in [1.165, 1.54) is 0 Å². The van der Waals surface area contributed by atoms with E-state index in [4.69, 9.17) is 4.74 Å². The van der Waals surface area contributed by atoms with Crippen molar-refractivity contribution in [3.05, 3.63) is 78.0 Å². The van der Waals surface area contributed by atoms with Crippen LogP contribution >= 0.6 is 0 Å². The van der Waals surface area contributed by atoms with E-state index in [-0.39, 0.29) is 5.78 Å². The second-order valence-electron chi connectivity index (χ2n) is 6.22. The number of rotatable bonds is 4. The normalized spacial score (nSPS) is 11.1. The van der Waals surface area contributed by atoms with Gasteiger partial charge < -0.3 is 9.30 Å². The highest BCUT2D eigenvalue weighted by atomic mass is 16.5. The zero-order valence-corrected chi connectivity index (χ0v) is 14.3. The molecule has 124 valence electrons. The van der Waals surface area contributed by atoms with E-state index >= 15 is 0 Å². The molecule has 0 atom stereocenters. The predicted molar refractivity (Wildman–Crippen MR) is 102 cm³/mol. The fraction of sp³-hybridized carbons (Fsp3) is 0.136. The molecule has 0 spiro atoms. The molecule has 1 heterocycles. The van der Waals surface area contributed by atoms with Crippen molar-refractivity contribution < 1.29 is 9.53 Å². The van der Waals surface area contributed by atoms with Crippen LogP contribution < -0.4 is 4.74 Å². The first-order valence-corrected chi connectivity index (χ1v) is 8.33. The van der Waals surface area contributed by atoms with E-state index in [0.29, 0.717) is 12.2 Å². The van der Waals surface area contributed by atoms with Gasteiger partial charge in [0.05, 0.1) is 18.3 Å². The number of benzene rings is 3. The highest BCUT2D eigenvalue weighted by Crippen LogP contribution is 2.36.